The Morgan fingerprint density at radius 2 is 1.83 bits per heavy atom. The second kappa shape index (κ2) is 4.72. The summed E-state index contributed by atoms with van der Waals surface area (Å²) in [6.07, 6.45) is 0.833. The fourth-order valence-corrected chi connectivity index (χ4v) is 3.45. The molecule has 1 aliphatic rings. The number of nitrogens with one attached hydrogen (secondary N) is 1. The molecule has 3 N–H and O–H groups in total. The number of rotatable bonds is 2. The summed E-state index contributed by atoms with van der Waals surface area (Å²) in [6, 6.07) is 1.70. The first kappa shape index (κ1) is 13.1. The Balaban J connectivity index is 2.11. The van der Waals surface area contributed by atoms with Crippen molar-refractivity contribution in [2.24, 2.45) is 0 Å². The van der Waals surface area contributed by atoms with Gasteiger partial charge in [0.15, 0.2) is 5.82 Å². The van der Waals surface area contributed by atoms with Crippen LogP contribution in [-0.2, 0) is 9.84 Å². The largest absolute Gasteiger partial charge is 0.395 e. The van der Waals surface area contributed by atoms with Crippen LogP contribution in [0, 0.1) is 11.6 Å². The van der Waals surface area contributed by atoms with E-state index in [0.29, 0.717) is 18.9 Å². The first-order valence-electron chi connectivity index (χ1n) is 5.59. The van der Waals surface area contributed by atoms with Crippen LogP contribution in [0.25, 0.3) is 0 Å². The third-order valence-corrected chi connectivity index (χ3v) is 4.72. The van der Waals surface area contributed by atoms with E-state index in [2.05, 4.69) is 5.32 Å². The van der Waals surface area contributed by atoms with Crippen molar-refractivity contribution in [2.75, 3.05) is 22.6 Å². The van der Waals surface area contributed by atoms with E-state index >= 15 is 0 Å². The second-order valence-electron chi connectivity index (χ2n) is 4.42. The van der Waals surface area contributed by atoms with Gasteiger partial charge in [0.25, 0.3) is 0 Å². The third kappa shape index (κ3) is 2.90. The van der Waals surface area contributed by atoms with E-state index in [9.17, 15) is 17.2 Å². The molecular weight excluding hydrogens is 262 g/mol. The number of hydrogen-bond donors (Lipinski definition) is 2. The molecule has 1 aromatic rings. The van der Waals surface area contributed by atoms with Crippen LogP contribution in [-0.4, -0.2) is 26.0 Å². The van der Waals surface area contributed by atoms with Crippen LogP contribution < -0.4 is 11.1 Å². The lowest BCUT2D eigenvalue weighted by Gasteiger charge is -2.24. The lowest BCUT2D eigenvalue weighted by Crippen LogP contribution is -2.32. The van der Waals surface area contributed by atoms with Gasteiger partial charge in [0.2, 0.25) is 0 Å². The highest BCUT2D eigenvalue weighted by atomic mass is 32.2. The van der Waals surface area contributed by atoms with Gasteiger partial charge in [-0.15, -0.1) is 0 Å². The van der Waals surface area contributed by atoms with E-state index in [1.807, 2.05) is 0 Å². The van der Waals surface area contributed by atoms with Crippen LogP contribution in [0.2, 0.25) is 0 Å². The van der Waals surface area contributed by atoms with Gasteiger partial charge in [0, 0.05) is 12.1 Å². The molecule has 0 spiro atoms. The van der Waals surface area contributed by atoms with E-state index in [1.54, 1.807) is 0 Å². The van der Waals surface area contributed by atoms with E-state index in [1.165, 1.54) is 0 Å². The minimum absolute atomic E-state index is 0.0857. The Labute approximate surface area is 104 Å². The minimum Gasteiger partial charge on any atom is -0.395 e. The van der Waals surface area contributed by atoms with Crippen molar-refractivity contribution >= 4 is 21.2 Å². The molecule has 0 unspecified atom stereocenters. The summed E-state index contributed by atoms with van der Waals surface area (Å²) >= 11 is 0. The van der Waals surface area contributed by atoms with Gasteiger partial charge in [-0.2, -0.15) is 0 Å². The number of sulfone groups is 1. The standard InChI is InChI=1S/C11H14F2N2O2S/c12-7-5-9(13)11(14)10(6-7)15-8-1-3-18(16,17)4-2-8/h5-6,8,15H,1-4,14H2. The maximum Gasteiger partial charge on any atom is 0.151 e. The zero-order valence-corrected chi connectivity index (χ0v) is 10.4. The van der Waals surface area contributed by atoms with Gasteiger partial charge in [0.1, 0.15) is 15.7 Å². The third-order valence-electron chi connectivity index (χ3n) is 3.01. The van der Waals surface area contributed by atoms with Crippen LogP contribution in [0.4, 0.5) is 20.2 Å². The molecule has 18 heavy (non-hydrogen) atoms. The Kier molecular flexibility index (Phi) is 3.43. The molecule has 0 radical (unpaired) electrons. The van der Waals surface area contributed by atoms with Gasteiger partial charge in [-0.1, -0.05) is 0 Å². The molecule has 1 fully saturated rings. The summed E-state index contributed by atoms with van der Waals surface area (Å²) in [5.74, 6) is -1.36. The number of nitrogens with two attached hydrogens (primary N) is 1. The Morgan fingerprint density at radius 1 is 1.22 bits per heavy atom. The van der Waals surface area contributed by atoms with Crippen molar-refractivity contribution in [3.63, 3.8) is 0 Å². The highest BCUT2D eigenvalue weighted by Crippen LogP contribution is 2.26. The van der Waals surface area contributed by atoms with Crippen molar-refractivity contribution in [1.82, 2.24) is 0 Å². The van der Waals surface area contributed by atoms with Crippen molar-refractivity contribution in [2.45, 2.75) is 18.9 Å². The highest BCUT2D eigenvalue weighted by Gasteiger charge is 2.24. The molecular formula is C11H14F2N2O2S. The Morgan fingerprint density at radius 3 is 2.44 bits per heavy atom. The molecule has 7 heteroatoms. The number of hydrogen-bond acceptors (Lipinski definition) is 4. The van der Waals surface area contributed by atoms with E-state index in [4.69, 9.17) is 5.73 Å². The molecule has 2 rings (SSSR count). The van der Waals surface area contributed by atoms with Crippen molar-refractivity contribution < 1.29 is 17.2 Å². The van der Waals surface area contributed by atoms with Crippen LogP contribution in [0.3, 0.4) is 0 Å². The fourth-order valence-electron chi connectivity index (χ4n) is 1.96. The maximum atomic E-state index is 13.2. The fraction of sp³-hybridized carbons (Fsp3) is 0.455. The molecule has 1 aliphatic heterocycles. The molecule has 1 saturated heterocycles. The molecule has 0 aromatic heterocycles. The van der Waals surface area contributed by atoms with Gasteiger partial charge in [-0.25, -0.2) is 17.2 Å². The zero-order chi connectivity index (χ0) is 13.3. The molecule has 1 heterocycles. The molecule has 0 atom stereocenters. The molecule has 0 aliphatic carbocycles. The van der Waals surface area contributed by atoms with E-state index in [-0.39, 0.29) is 28.9 Å². The summed E-state index contributed by atoms with van der Waals surface area (Å²) < 4.78 is 48.8. The van der Waals surface area contributed by atoms with Crippen LogP contribution in [0.15, 0.2) is 12.1 Å². The molecule has 0 amide bonds. The summed E-state index contributed by atoms with van der Waals surface area (Å²) in [6.45, 7) is 0. The van der Waals surface area contributed by atoms with Gasteiger partial charge in [0.05, 0.1) is 22.9 Å². The smallest absolute Gasteiger partial charge is 0.151 e. The molecule has 4 nitrogen and oxygen atoms in total. The molecule has 1 aromatic carbocycles. The normalized spacial score (nSPS) is 19.7. The van der Waals surface area contributed by atoms with Gasteiger partial charge in [-0.05, 0) is 18.9 Å². The monoisotopic (exact) mass is 276 g/mol. The Bertz CT molecular complexity index is 546. The highest BCUT2D eigenvalue weighted by molar-refractivity contribution is 7.91. The average Bonchev–Trinajstić information content (AvgIpc) is 2.28. The van der Waals surface area contributed by atoms with Crippen molar-refractivity contribution in [3.05, 3.63) is 23.8 Å². The van der Waals surface area contributed by atoms with Gasteiger partial charge < -0.3 is 11.1 Å². The number of benzene rings is 1. The van der Waals surface area contributed by atoms with Crippen LogP contribution in [0.1, 0.15) is 12.8 Å². The summed E-state index contributed by atoms with van der Waals surface area (Å²) in [4.78, 5) is 0. The summed E-state index contributed by atoms with van der Waals surface area (Å²) in [5.41, 5.74) is 5.53. The van der Waals surface area contributed by atoms with Crippen molar-refractivity contribution in [3.8, 4) is 0 Å². The van der Waals surface area contributed by atoms with Crippen LogP contribution >= 0.6 is 0 Å². The summed E-state index contributed by atoms with van der Waals surface area (Å²) in [7, 11) is -2.95. The predicted octanol–water partition coefficient (Wildman–Crippen LogP) is 1.54. The SMILES string of the molecule is Nc1c(F)cc(F)cc1NC1CCS(=O)(=O)CC1. The topological polar surface area (TPSA) is 72.2 Å². The average molecular weight is 276 g/mol. The lowest BCUT2D eigenvalue weighted by atomic mass is 10.1. The number of halogens is 2. The molecule has 0 bridgehead atoms. The summed E-state index contributed by atoms with van der Waals surface area (Å²) in [5, 5.41) is 2.90. The lowest BCUT2D eigenvalue weighted by molar-refractivity contribution is 0.557. The first-order chi connectivity index (χ1) is 8.37. The predicted molar refractivity (Wildman–Crippen MR) is 66.1 cm³/mol. The van der Waals surface area contributed by atoms with Crippen LogP contribution in [0.5, 0.6) is 0 Å². The van der Waals surface area contributed by atoms with Gasteiger partial charge >= 0.3 is 0 Å². The zero-order valence-electron chi connectivity index (χ0n) is 9.62. The Hall–Kier alpha value is -1.37. The quantitative estimate of drug-likeness (QED) is 0.804. The minimum atomic E-state index is -2.95. The molecule has 0 saturated carbocycles. The first-order valence-corrected chi connectivity index (χ1v) is 7.41. The van der Waals surface area contributed by atoms with E-state index < -0.39 is 21.5 Å². The van der Waals surface area contributed by atoms with E-state index in [0.717, 1.165) is 6.07 Å². The second-order valence-corrected chi connectivity index (χ2v) is 6.72. The van der Waals surface area contributed by atoms with Crippen molar-refractivity contribution in [1.29, 1.82) is 0 Å². The van der Waals surface area contributed by atoms with Gasteiger partial charge in [-0.3, -0.25) is 0 Å². The number of anilines is 2. The maximum absolute atomic E-state index is 13.2. The number of nitrogen functional groups attached to an aromatic ring is 1. The molecule has 100 valence electrons.